The van der Waals surface area contributed by atoms with E-state index in [-0.39, 0.29) is 23.2 Å². The van der Waals surface area contributed by atoms with Crippen molar-refractivity contribution in [2.75, 3.05) is 5.43 Å². The molecule has 0 amide bonds. The Bertz CT molecular complexity index is 702. The predicted molar refractivity (Wildman–Crippen MR) is 77.2 cm³/mol. The Balaban J connectivity index is 2.54. The van der Waals surface area contributed by atoms with Crippen LogP contribution in [-0.4, -0.2) is 14.9 Å². The number of anilines is 1. The van der Waals surface area contributed by atoms with Gasteiger partial charge < -0.3 is 4.74 Å². The quantitative estimate of drug-likeness (QED) is 0.504. The van der Waals surface area contributed by atoms with E-state index in [1.165, 1.54) is 6.92 Å². The van der Waals surface area contributed by atoms with Crippen LogP contribution in [0.4, 0.5) is 11.6 Å². The van der Waals surface area contributed by atoms with Crippen molar-refractivity contribution in [2.45, 2.75) is 20.8 Å². The summed E-state index contributed by atoms with van der Waals surface area (Å²) in [5, 5.41) is 11.2. The van der Waals surface area contributed by atoms with Crippen LogP contribution in [-0.2, 0) is 0 Å². The molecule has 21 heavy (non-hydrogen) atoms. The van der Waals surface area contributed by atoms with Crippen molar-refractivity contribution >= 4 is 11.6 Å². The number of hydrogen-bond acceptors (Lipinski definition) is 7. The summed E-state index contributed by atoms with van der Waals surface area (Å²) in [6.07, 6.45) is 0. The molecule has 0 aliphatic carbocycles. The predicted octanol–water partition coefficient (Wildman–Crippen LogP) is 2.39. The number of benzene rings is 1. The Hall–Kier alpha value is -2.74. The fourth-order valence-electron chi connectivity index (χ4n) is 1.83. The molecule has 0 aliphatic rings. The number of hydrogen-bond donors (Lipinski definition) is 2. The summed E-state index contributed by atoms with van der Waals surface area (Å²) in [7, 11) is 0. The van der Waals surface area contributed by atoms with Gasteiger partial charge in [0.15, 0.2) is 0 Å². The van der Waals surface area contributed by atoms with Crippen molar-refractivity contribution in [1.82, 2.24) is 9.97 Å². The summed E-state index contributed by atoms with van der Waals surface area (Å²) in [5.74, 6) is 5.67. The van der Waals surface area contributed by atoms with Gasteiger partial charge in [-0.2, -0.15) is 4.98 Å². The lowest BCUT2D eigenvalue weighted by atomic mass is 10.1. The summed E-state index contributed by atoms with van der Waals surface area (Å²) < 4.78 is 5.62. The first-order valence-electron chi connectivity index (χ1n) is 6.17. The second-order valence-corrected chi connectivity index (χ2v) is 4.49. The van der Waals surface area contributed by atoms with E-state index >= 15 is 0 Å². The highest BCUT2D eigenvalue weighted by Crippen LogP contribution is 2.34. The second-order valence-electron chi connectivity index (χ2n) is 4.49. The molecule has 2 aromatic rings. The van der Waals surface area contributed by atoms with Gasteiger partial charge in [-0.05, 0) is 38.0 Å². The lowest BCUT2D eigenvalue weighted by Gasteiger charge is -2.11. The molecule has 110 valence electrons. The normalized spacial score (nSPS) is 10.3. The van der Waals surface area contributed by atoms with Gasteiger partial charge in [0.05, 0.1) is 4.92 Å². The molecule has 2 rings (SSSR count). The topological polar surface area (TPSA) is 116 Å². The number of nitrogen functional groups attached to an aromatic ring is 1. The molecule has 0 radical (unpaired) electrons. The first kappa shape index (κ1) is 14.7. The van der Waals surface area contributed by atoms with E-state index in [0.29, 0.717) is 5.75 Å². The van der Waals surface area contributed by atoms with Crippen molar-refractivity contribution in [1.29, 1.82) is 0 Å². The number of ether oxygens (including phenoxy) is 1. The van der Waals surface area contributed by atoms with Crippen LogP contribution in [0.25, 0.3) is 0 Å². The van der Waals surface area contributed by atoms with E-state index < -0.39 is 4.92 Å². The summed E-state index contributed by atoms with van der Waals surface area (Å²) in [6.45, 7) is 5.29. The zero-order valence-corrected chi connectivity index (χ0v) is 11.9. The van der Waals surface area contributed by atoms with Crippen LogP contribution in [0, 0.1) is 30.9 Å². The molecule has 1 aromatic carbocycles. The van der Waals surface area contributed by atoms with Gasteiger partial charge in [0.25, 0.3) is 0 Å². The van der Waals surface area contributed by atoms with E-state index in [4.69, 9.17) is 10.6 Å². The highest BCUT2D eigenvalue weighted by molar-refractivity contribution is 5.51. The fraction of sp³-hybridized carbons (Fsp3) is 0.231. The number of aromatic nitrogens is 2. The zero-order chi connectivity index (χ0) is 15.6. The van der Waals surface area contributed by atoms with Crippen molar-refractivity contribution < 1.29 is 9.66 Å². The Labute approximate surface area is 121 Å². The third kappa shape index (κ3) is 2.90. The number of rotatable bonds is 4. The number of aryl methyl sites for hydroxylation is 2. The second kappa shape index (κ2) is 5.71. The van der Waals surface area contributed by atoms with Crippen LogP contribution in [0.3, 0.4) is 0 Å². The maximum atomic E-state index is 11.2. The van der Waals surface area contributed by atoms with Crippen molar-refractivity contribution in [3.63, 3.8) is 0 Å². The molecule has 0 saturated heterocycles. The molecule has 0 spiro atoms. The van der Waals surface area contributed by atoms with Gasteiger partial charge in [-0.25, -0.2) is 10.8 Å². The summed E-state index contributed by atoms with van der Waals surface area (Å²) in [6, 6.07) is 5.45. The summed E-state index contributed by atoms with van der Waals surface area (Å²) in [4.78, 5) is 18.4. The standard InChI is InChI=1S/C13H15N5O3/c1-7-5-4-6-10(8(7)2)21-12-11(18(19)20)9(3)15-13(16-12)17-14/h4-6H,14H2,1-3H3,(H,15,16,17). The van der Waals surface area contributed by atoms with E-state index in [1.807, 2.05) is 19.9 Å². The van der Waals surface area contributed by atoms with Crippen LogP contribution < -0.4 is 16.0 Å². The molecule has 0 saturated carbocycles. The zero-order valence-electron chi connectivity index (χ0n) is 11.9. The van der Waals surface area contributed by atoms with Crippen LogP contribution in [0.2, 0.25) is 0 Å². The molecule has 3 N–H and O–H groups in total. The van der Waals surface area contributed by atoms with Crippen molar-refractivity contribution in [3.05, 3.63) is 45.1 Å². The van der Waals surface area contributed by atoms with E-state index in [0.717, 1.165) is 11.1 Å². The Kier molecular flexibility index (Phi) is 3.99. The van der Waals surface area contributed by atoms with Crippen molar-refractivity contribution in [3.8, 4) is 11.6 Å². The van der Waals surface area contributed by atoms with Crippen LogP contribution in [0.5, 0.6) is 11.6 Å². The third-order valence-corrected chi connectivity index (χ3v) is 3.10. The SMILES string of the molecule is Cc1cccc(Oc2nc(NN)nc(C)c2[N+](=O)[O-])c1C. The number of nitro groups is 1. The Morgan fingerprint density at radius 1 is 1.29 bits per heavy atom. The minimum atomic E-state index is -0.573. The monoisotopic (exact) mass is 289 g/mol. The summed E-state index contributed by atoms with van der Waals surface area (Å²) in [5.41, 5.74) is 4.04. The van der Waals surface area contributed by atoms with Gasteiger partial charge >= 0.3 is 11.6 Å². The molecule has 0 bridgehead atoms. The minimum absolute atomic E-state index is 0.0541. The number of nitrogens with two attached hydrogens (primary N) is 1. The highest BCUT2D eigenvalue weighted by atomic mass is 16.6. The smallest absolute Gasteiger partial charge is 0.352 e. The third-order valence-electron chi connectivity index (χ3n) is 3.10. The van der Waals surface area contributed by atoms with E-state index in [2.05, 4.69) is 15.4 Å². The first-order valence-corrected chi connectivity index (χ1v) is 6.17. The molecule has 1 aromatic heterocycles. The Morgan fingerprint density at radius 3 is 2.62 bits per heavy atom. The maximum Gasteiger partial charge on any atom is 0.352 e. The van der Waals surface area contributed by atoms with Gasteiger partial charge in [0.2, 0.25) is 5.95 Å². The number of hydrazine groups is 1. The number of nitrogens with zero attached hydrogens (tertiary/aromatic N) is 3. The summed E-state index contributed by atoms with van der Waals surface area (Å²) >= 11 is 0. The van der Waals surface area contributed by atoms with Gasteiger partial charge in [-0.1, -0.05) is 12.1 Å². The van der Waals surface area contributed by atoms with Crippen LogP contribution in [0.15, 0.2) is 18.2 Å². The molecule has 8 heteroatoms. The molecular weight excluding hydrogens is 274 g/mol. The Morgan fingerprint density at radius 2 is 2.00 bits per heavy atom. The number of nitrogens with one attached hydrogen (secondary N) is 1. The van der Waals surface area contributed by atoms with Crippen molar-refractivity contribution in [2.24, 2.45) is 5.84 Å². The van der Waals surface area contributed by atoms with E-state index in [1.54, 1.807) is 12.1 Å². The molecule has 8 nitrogen and oxygen atoms in total. The van der Waals surface area contributed by atoms with Gasteiger partial charge in [0.1, 0.15) is 11.4 Å². The molecule has 0 aliphatic heterocycles. The average Bonchev–Trinajstić information content (AvgIpc) is 2.42. The molecule has 0 unspecified atom stereocenters. The fourth-order valence-corrected chi connectivity index (χ4v) is 1.83. The molecular formula is C13H15N5O3. The highest BCUT2D eigenvalue weighted by Gasteiger charge is 2.24. The van der Waals surface area contributed by atoms with Gasteiger partial charge in [-0.3, -0.25) is 15.5 Å². The minimum Gasteiger partial charge on any atom is -0.433 e. The van der Waals surface area contributed by atoms with E-state index in [9.17, 15) is 10.1 Å². The lowest BCUT2D eigenvalue weighted by molar-refractivity contribution is -0.386. The molecule has 0 fully saturated rings. The van der Waals surface area contributed by atoms with Crippen LogP contribution >= 0.6 is 0 Å². The average molecular weight is 289 g/mol. The van der Waals surface area contributed by atoms with Gasteiger partial charge in [-0.15, -0.1) is 0 Å². The van der Waals surface area contributed by atoms with Gasteiger partial charge in [0, 0.05) is 0 Å². The molecule has 1 heterocycles. The molecule has 0 atom stereocenters. The van der Waals surface area contributed by atoms with Crippen LogP contribution in [0.1, 0.15) is 16.8 Å². The first-order chi connectivity index (χ1) is 9.93. The largest absolute Gasteiger partial charge is 0.433 e. The maximum absolute atomic E-state index is 11.2. The lowest BCUT2D eigenvalue weighted by Crippen LogP contribution is -2.13.